The zero-order valence-corrected chi connectivity index (χ0v) is 13.3. The number of carbonyl (C=O) groups excluding carboxylic acids is 1. The van der Waals surface area contributed by atoms with Crippen LogP contribution in [0.5, 0.6) is 0 Å². The lowest BCUT2D eigenvalue weighted by atomic mass is 10.2. The molecule has 0 aliphatic rings. The van der Waals surface area contributed by atoms with Gasteiger partial charge in [0, 0.05) is 6.04 Å². The zero-order valence-electron chi connectivity index (χ0n) is 11.8. The molecule has 0 aliphatic heterocycles. The van der Waals surface area contributed by atoms with Gasteiger partial charge in [-0.1, -0.05) is 6.07 Å². The van der Waals surface area contributed by atoms with Gasteiger partial charge in [0.1, 0.15) is 21.8 Å². The Labute approximate surface area is 126 Å². The van der Waals surface area contributed by atoms with E-state index >= 15 is 0 Å². The van der Waals surface area contributed by atoms with E-state index in [2.05, 4.69) is 20.9 Å². The summed E-state index contributed by atoms with van der Waals surface area (Å²) in [5.41, 5.74) is 0.427. The van der Waals surface area contributed by atoms with Crippen LogP contribution in [0.25, 0.3) is 0 Å². The first-order valence-corrected chi connectivity index (χ1v) is 7.25. The predicted octanol–water partition coefficient (Wildman–Crippen LogP) is 3.80. The zero-order chi connectivity index (χ0) is 14.7. The number of hydrogen-bond acceptors (Lipinski definition) is 3. The molecule has 2 heterocycles. The second-order valence-corrected chi connectivity index (χ2v) is 5.70. The minimum Gasteiger partial charge on any atom is -0.464 e. The average molecular weight is 337 g/mol. The largest absolute Gasteiger partial charge is 0.464 e. The van der Waals surface area contributed by atoms with Gasteiger partial charge in [0.15, 0.2) is 0 Å². The summed E-state index contributed by atoms with van der Waals surface area (Å²) in [5, 5.41) is 0. The molecule has 1 amide bonds. The minimum atomic E-state index is -0.102. The second kappa shape index (κ2) is 6.22. The molecule has 2 aromatic rings. The van der Waals surface area contributed by atoms with Crippen LogP contribution in [0.2, 0.25) is 0 Å². The molecule has 0 unspecified atom stereocenters. The Balaban J connectivity index is 2.22. The monoisotopic (exact) mass is 336 g/mol. The standard InChI is InChI=1S/C15H17BrN2O2/c1-10(2)18(9-12-8-7-11(3)20-12)15(19)13-5-4-6-14(16)17-13/h4-8,10H,9H2,1-3H3. The molecule has 106 valence electrons. The van der Waals surface area contributed by atoms with Crippen LogP contribution in [0, 0.1) is 6.92 Å². The molecule has 0 saturated carbocycles. The van der Waals surface area contributed by atoms with E-state index in [1.54, 1.807) is 23.1 Å². The Morgan fingerprint density at radius 3 is 2.65 bits per heavy atom. The first kappa shape index (κ1) is 14.8. The number of halogens is 1. The molecule has 0 aromatic carbocycles. The van der Waals surface area contributed by atoms with Crippen molar-refractivity contribution in [1.29, 1.82) is 0 Å². The maximum absolute atomic E-state index is 12.6. The number of furan rings is 1. The van der Waals surface area contributed by atoms with E-state index in [0.717, 1.165) is 11.5 Å². The van der Waals surface area contributed by atoms with Crippen molar-refractivity contribution in [2.24, 2.45) is 0 Å². The molecule has 0 aliphatic carbocycles. The number of carbonyl (C=O) groups is 1. The highest BCUT2D eigenvalue weighted by molar-refractivity contribution is 9.10. The molecule has 0 saturated heterocycles. The molecule has 0 spiro atoms. The quantitative estimate of drug-likeness (QED) is 0.798. The molecule has 0 N–H and O–H groups in total. The van der Waals surface area contributed by atoms with Gasteiger partial charge in [0.25, 0.3) is 5.91 Å². The number of aryl methyl sites for hydroxylation is 1. The lowest BCUT2D eigenvalue weighted by molar-refractivity contribution is 0.0669. The third-order valence-electron chi connectivity index (χ3n) is 2.94. The third-order valence-corrected chi connectivity index (χ3v) is 3.38. The fourth-order valence-electron chi connectivity index (χ4n) is 1.90. The van der Waals surface area contributed by atoms with Crippen LogP contribution in [0.15, 0.2) is 39.4 Å². The van der Waals surface area contributed by atoms with E-state index in [9.17, 15) is 4.79 Å². The number of rotatable bonds is 4. The molecule has 0 fully saturated rings. The normalized spacial score (nSPS) is 10.8. The summed E-state index contributed by atoms with van der Waals surface area (Å²) in [7, 11) is 0. The molecular formula is C15H17BrN2O2. The van der Waals surface area contributed by atoms with Crippen molar-refractivity contribution < 1.29 is 9.21 Å². The Morgan fingerprint density at radius 2 is 2.10 bits per heavy atom. The van der Waals surface area contributed by atoms with Crippen molar-refractivity contribution in [1.82, 2.24) is 9.88 Å². The van der Waals surface area contributed by atoms with E-state index in [4.69, 9.17) is 4.42 Å². The number of pyridine rings is 1. The summed E-state index contributed by atoms with van der Waals surface area (Å²) in [5.74, 6) is 1.52. The lowest BCUT2D eigenvalue weighted by Gasteiger charge is -2.25. The van der Waals surface area contributed by atoms with Gasteiger partial charge in [0.05, 0.1) is 6.54 Å². The van der Waals surface area contributed by atoms with Gasteiger partial charge in [0.2, 0.25) is 0 Å². The summed E-state index contributed by atoms with van der Waals surface area (Å²) in [4.78, 5) is 18.5. The van der Waals surface area contributed by atoms with Crippen LogP contribution < -0.4 is 0 Å². The van der Waals surface area contributed by atoms with Crippen LogP contribution in [-0.4, -0.2) is 21.8 Å². The Bertz CT molecular complexity index is 607. The molecule has 2 aromatic heterocycles. The summed E-state index contributed by atoms with van der Waals surface area (Å²) in [6, 6.07) is 9.18. The van der Waals surface area contributed by atoms with Crippen LogP contribution in [0.3, 0.4) is 0 Å². The summed E-state index contributed by atoms with van der Waals surface area (Å²) >= 11 is 3.29. The van der Waals surface area contributed by atoms with Crippen LogP contribution in [0.1, 0.15) is 35.9 Å². The van der Waals surface area contributed by atoms with Crippen LogP contribution in [-0.2, 0) is 6.54 Å². The highest BCUT2D eigenvalue weighted by Gasteiger charge is 2.21. The minimum absolute atomic E-state index is 0.0636. The van der Waals surface area contributed by atoms with Crippen molar-refractivity contribution in [3.63, 3.8) is 0 Å². The molecule has 5 heteroatoms. The predicted molar refractivity (Wildman–Crippen MR) is 80.4 cm³/mol. The highest BCUT2D eigenvalue weighted by atomic mass is 79.9. The van der Waals surface area contributed by atoms with Crippen LogP contribution in [0.4, 0.5) is 0 Å². The molecule has 2 rings (SSSR count). The summed E-state index contributed by atoms with van der Waals surface area (Å²) < 4.78 is 6.20. The molecule has 4 nitrogen and oxygen atoms in total. The molecular weight excluding hydrogens is 320 g/mol. The van der Waals surface area contributed by atoms with Crippen molar-refractivity contribution in [3.8, 4) is 0 Å². The lowest BCUT2D eigenvalue weighted by Crippen LogP contribution is -2.36. The fourth-order valence-corrected chi connectivity index (χ4v) is 2.25. The Kier molecular flexibility index (Phi) is 4.60. The second-order valence-electron chi connectivity index (χ2n) is 4.88. The topological polar surface area (TPSA) is 46.3 Å². The van der Waals surface area contributed by atoms with Crippen molar-refractivity contribution in [2.75, 3.05) is 0 Å². The average Bonchev–Trinajstić information content (AvgIpc) is 2.80. The van der Waals surface area contributed by atoms with Crippen LogP contribution >= 0.6 is 15.9 Å². The SMILES string of the molecule is Cc1ccc(CN(C(=O)c2cccc(Br)n2)C(C)C)o1. The van der Waals surface area contributed by atoms with E-state index < -0.39 is 0 Å². The van der Waals surface area contributed by atoms with Gasteiger partial charge in [-0.15, -0.1) is 0 Å². The highest BCUT2D eigenvalue weighted by Crippen LogP contribution is 2.15. The first-order valence-electron chi connectivity index (χ1n) is 6.46. The van der Waals surface area contributed by atoms with Gasteiger partial charge in [-0.2, -0.15) is 0 Å². The molecule has 0 bridgehead atoms. The van der Waals surface area contributed by atoms with Crippen molar-refractivity contribution >= 4 is 21.8 Å². The van der Waals surface area contributed by atoms with E-state index in [1.165, 1.54) is 0 Å². The van der Waals surface area contributed by atoms with E-state index in [1.807, 2.05) is 32.9 Å². The Morgan fingerprint density at radius 1 is 1.35 bits per heavy atom. The fraction of sp³-hybridized carbons (Fsp3) is 0.333. The van der Waals surface area contributed by atoms with E-state index in [0.29, 0.717) is 16.8 Å². The maximum Gasteiger partial charge on any atom is 0.273 e. The summed E-state index contributed by atoms with van der Waals surface area (Å²) in [6.07, 6.45) is 0. The van der Waals surface area contributed by atoms with E-state index in [-0.39, 0.29) is 11.9 Å². The van der Waals surface area contributed by atoms with Gasteiger partial charge >= 0.3 is 0 Å². The number of amides is 1. The molecule has 20 heavy (non-hydrogen) atoms. The number of nitrogens with zero attached hydrogens (tertiary/aromatic N) is 2. The summed E-state index contributed by atoms with van der Waals surface area (Å²) in [6.45, 7) is 6.29. The molecule has 0 radical (unpaired) electrons. The van der Waals surface area contributed by atoms with Crippen molar-refractivity contribution in [2.45, 2.75) is 33.4 Å². The first-order chi connectivity index (χ1) is 9.47. The number of hydrogen-bond donors (Lipinski definition) is 0. The van der Waals surface area contributed by atoms with Gasteiger partial charge in [-0.3, -0.25) is 4.79 Å². The number of aromatic nitrogens is 1. The van der Waals surface area contributed by atoms with Gasteiger partial charge < -0.3 is 9.32 Å². The smallest absolute Gasteiger partial charge is 0.273 e. The Hall–Kier alpha value is -1.62. The maximum atomic E-state index is 12.6. The van der Waals surface area contributed by atoms with Gasteiger partial charge in [-0.25, -0.2) is 4.98 Å². The van der Waals surface area contributed by atoms with Crippen molar-refractivity contribution in [3.05, 3.63) is 52.1 Å². The van der Waals surface area contributed by atoms with Gasteiger partial charge in [-0.05, 0) is 61.0 Å². The molecule has 0 atom stereocenters. The third kappa shape index (κ3) is 3.48.